The second-order valence-electron chi connectivity index (χ2n) is 3.96. The van der Waals surface area contributed by atoms with Gasteiger partial charge in [-0.2, -0.15) is 0 Å². The number of hydrogen-bond acceptors (Lipinski definition) is 2. The fourth-order valence-electron chi connectivity index (χ4n) is 1.21. The summed E-state index contributed by atoms with van der Waals surface area (Å²) in [5, 5.41) is 0. The maximum Gasteiger partial charge on any atom is 0.156 e. The Balaban J connectivity index is 2.80. The molecule has 0 fully saturated rings. The van der Waals surface area contributed by atoms with Crippen LogP contribution < -0.4 is 5.73 Å². The molecule has 0 aliphatic carbocycles. The van der Waals surface area contributed by atoms with Crippen molar-refractivity contribution in [2.75, 3.05) is 0 Å². The number of nitrogens with two attached hydrogens (primary N) is 1. The van der Waals surface area contributed by atoms with E-state index in [2.05, 4.69) is 0 Å². The van der Waals surface area contributed by atoms with Crippen LogP contribution in [0.15, 0.2) is 24.3 Å². The van der Waals surface area contributed by atoms with Crippen molar-refractivity contribution in [2.24, 2.45) is 5.73 Å². The summed E-state index contributed by atoms with van der Waals surface area (Å²) in [6.07, 6.45) is 0.619. The number of halogens is 1. The molecule has 82 valence electrons. The van der Waals surface area contributed by atoms with Crippen LogP contribution >= 0.6 is 0 Å². The van der Waals surface area contributed by atoms with Crippen LogP contribution in [0.5, 0.6) is 0 Å². The first-order chi connectivity index (χ1) is 6.97. The van der Waals surface area contributed by atoms with E-state index >= 15 is 0 Å². The number of ketones is 1. The van der Waals surface area contributed by atoms with Gasteiger partial charge >= 0.3 is 0 Å². The Morgan fingerprint density at radius 1 is 1.47 bits per heavy atom. The third kappa shape index (κ3) is 2.86. The molecule has 2 N–H and O–H groups in total. The highest BCUT2D eigenvalue weighted by atomic mass is 19.1. The maximum atomic E-state index is 13.2. The second kappa shape index (κ2) is 4.53. The number of rotatable bonds is 4. The van der Waals surface area contributed by atoms with E-state index in [0.29, 0.717) is 12.0 Å². The SMILES string of the molecule is CCC(C)(N)C(=O)Cc1ccccc1F. The Morgan fingerprint density at radius 2 is 2.07 bits per heavy atom. The van der Waals surface area contributed by atoms with Gasteiger partial charge in [0.2, 0.25) is 0 Å². The Hall–Kier alpha value is -1.22. The Morgan fingerprint density at radius 3 is 2.60 bits per heavy atom. The zero-order valence-electron chi connectivity index (χ0n) is 9.09. The van der Waals surface area contributed by atoms with E-state index in [9.17, 15) is 9.18 Å². The molecule has 0 spiro atoms. The molecule has 1 rings (SSSR count). The molecule has 0 aliphatic heterocycles. The van der Waals surface area contributed by atoms with Gasteiger partial charge in [0.15, 0.2) is 5.78 Å². The molecule has 1 atom stereocenters. The van der Waals surface area contributed by atoms with Gasteiger partial charge in [-0.25, -0.2) is 4.39 Å². The maximum absolute atomic E-state index is 13.2. The van der Waals surface area contributed by atoms with Crippen molar-refractivity contribution in [3.63, 3.8) is 0 Å². The standard InChI is InChI=1S/C12H16FNO/c1-3-12(2,14)11(15)8-9-6-4-5-7-10(9)13/h4-7H,3,8,14H2,1-2H3. The summed E-state index contributed by atoms with van der Waals surface area (Å²) in [6, 6.07) is 6.28. The van der Waals surface area contributed by atoms with E-state index in [0.717, 1.165) is 0 Å². The van der Waals surface area contributed by atoms with Crippen molar-refractivity contribution in [1.29, 1.82) is 0 Å². The van der Waals surface area contributed by atoms with Crippen LogP contribution in [-0.4, -0.2) is 11.3 Å². The molecule has 0 saturated carbocycles. The molecule has 2 nitrogen and oxygen atoms in total. The number of benzene rings is 1. The Labute approximate surface area is 89.3 Å². The van der Waals surface area contributed by atoms with Crippen LogP contribution in [0.25, 0.3) is 0 Å². The lowest BCUT2D eigenvalue weighted by Crippen LogP contribution is -2.45. The molecule has 0 aromatic heterocycles. The molecule has 1 aromatic rings. The van der Waals surface area contributed by atoms with Gasteiger partial charge in [0, 0.05) is 6.42 Å². The molecular formula is C12H16FNO. The zero-order valence-corrected chi connectivity index (χ0v) is 9.09. The normalized spacial score (nSPS) is 14.7. The summed E-state index contributed by atoms with van der Waals surface area (Å²) in [5.41, 5.74) is 5.34. The van der Waals surface area contributed by atoms with Crippen molar-refractivity contribution in [3.8, 4) is 0 Å². The number of carbonyl (C=O) groups excluding carboxylic acids is 1. The molecule has 0 bridgehead atoms. The van der Waals surface area contributed by atoms with Crippen molar-refractivity contribution in [2.45, 2.75) is 32.2 Å². The molecule has 1 unspecified atom stereocenters. The van der Waals surface area contributed by atoms with Gasteiger partial charge in [-0.05, 0) is 25.0 Å². The summed E-state index contributed by atoms with van der Waals surface area (Å²) in [7, 11) is 0. The monoisotopic (exact) mass is 209 g/mol. The molecule has 15 heavy (non-hydrogen) atoms. The molecule has 1 aromatic carbocycles. The molecular weight excluding hydrogens is 193 g/mol. The molecule has 0 saturated heterocycles. The average Bonchev–Trinajstić information content (AvgIpc) is 2.21. The highest BCUT2D eigenvalue weighted by Crippen LogP contribution is 2.13. The lowest BCUT2D eigenvalue weighted by atomic mass is 9.90. The quantitative estimate of drug-likeness (QED) is 0.824. The Bertz CT molecular complexity index is 360. The van der Waals surface area contributed by atoms with Crippen molar-refractivity contribution < 1.29 is 9.18 Å². The topological polar surface area (TPSA) is 43.1 Å². The summed E-state index contributed by atoms with van der Waals surface area (Å²) < 4.78 is 13.2. The minimum atomic E-state index is -0.859. The van der Waals surface area contributed by atoms with Crippen molar-refractivity contribution >= 4 is 5.78 Å². The van der Waals surface area contributed by atoms with E-state index in [1.807, 2.05) is 6.92 Å². The predicted octanol–water partition coefficient (Wildman–Crippen LogP) is 2.06. The first kappa shape index (κ1) is 11.9. The molecule has 0 radical (unpaired) electrons. The van der Waals surface area contributed by atoms with Crippen LogP contribution in [-0.2, 0) is 11.2 Å². The largest absolute Gasteiger partial charge is 0.319 e. The highest BCUT2D eigenvalue weighted by Gasteiger charge is 2.26. The van der Waals surface area contributed by atoms with Gasteiger partial charge in [0.1, 0.15) is 5.82 Å². The number of carbonyl (C=O) groups is 1. The first-order valence-electron chi connectivity index (χ1n) is 5.03. The van der Waals surface area contributed by atoms with Crippen LogP contribution in [0.4, 0.5) is 4.39 Å². The van der Waals surface area contributed by atoms with E-state index in [1.165, 1.54) is 6.07 Å². The van der Waals surface area contributed by atoms with Crippen LogP contribution in [0.2, 0.25) is 0 Å². The summed E-state index contributed by atoms with van der Waals surface area (Å²) in [6.45, 7) is 3.52. The molecule has 0 heterocycles. The van der Waals surface area contributed by atoms with E-state index in [4.69, 9.17) is 5.73 Å². The lowest BCUT2D eigenvalue weighted by molar-refractivity contribution is -0.123. The van der Waals surface area contributed by atoms with Gasteiger partial charge < -0.3 is 5.73 Å². The van der Waals surface area contributed by atoms with E-state index < -0.39 is 5.54 Å². The minimum absolute atomic E-state index is 0.0630. The smallest absolute Gasteiger partial charge is 0.156 e. The second-order valence-corrected chi connectivity index (χ2v) is 3.96. The van der Waals surface area contributed by atoms with Gasteiger partial charge in [-0.3, -0.25) is 4.79 Å². The van der Waals surface area contributed by atoms with E-state index in [1.54, 1.807) is 25.1 Å². The summed E-state index contributed by atoms with van der Waals surface area (Å²) in [5.74, 6) is -0.479. The van der Waals surface area contributed by atoms with Gasteiger partial charge in [-0.15, -0.1) is 0 Å². The van der Waals surface area contributed by atoms with E-state index in [-0.39, 0.29) is 18.0 Å². The summed E-state index contributed by atoms with van der Waals surface area (Å²) >= 11 is 0. The van der Waals surface area contributed by atoms with Gasteiger partial charge in [0.25, 0.3) is 0 Å². The number of Topliss-reactive ketones (excluding diaryl/α,β-unsaturated/α-hetero) is 1. The lowest BCUT2D eigenvalue weighted by Gasteiger charge is -2.20. The molecule has 3 heteroatoms. The first-order valence-corrected chi connectivity index (χ1v) is 5.03. The molecule has 0 aliphatic rings. The van der Waals surface area contributed by atoms with Gasteiger partial charge in [-0.1, -0.05) is 25.1 Å². The van der Waals surface area contributed by atoms with Crippen LogP contribution in [0, 0.1) is 5.82 Å². The zero-order chi connectivity index (χ0) is 11.5. The van der Waals surface area contributed by atoms with Crippen molar-refractivity contribution in [3.05, 3.63) is 35.6 Å². The average molecular weight is 209 g/mol. The predicted molar refractivity (Wildman–Crippen MR) is 58.0 cm³/mol. The highest BCUT2D eigenvalue weighted by molar-refractivity contribution is 5.89. The fourth-order valence-corrected chi connectivity index (χ4v) is 1.21. The molecule has 0 amide bonds. The number of hydrogen-bond donors (Lipinski definition) is 1. The van der Waals surface area contributed by atoms with Gasteiger partial charge in [0.05, 0.1) is 5.54 Å². The Kier molecular flexibility index (Phi) is 3.58. The third-order valence-corrected chi connectivity index (χ3v) is 2.68. The van der Waals surface area contributed by atoms with Crippen molar-refractivity contribution in [1.82, 2.24) is 0 Å². The van der Waals surface area contributed by atoms with Crippen LogP contribution in [0.1, 0.15) is 25.8 Å². The minimum Gasteiger partial charge on any atom is -0.319 e. The summed E-state index contributed by atoms with van der Waals surface area (Å²) in [4.78, 5) is 11.7. The van der Waals surface area contributed by atoms with Crippen LogP contribution in [0.3, 0.4) is 0 Å². The fraction of sp³-hybridized carbons (Fsp3) is 0.417. The third-order valence-electron chi connectivity index (χ3n) is 2.68.